The second kappa shape index (κ2) is 6.10. The molecule has 0 radical (unpaired) electrons. The third-order valence-electron chi connectivity index (χ3n) is 4.03. The van der Waals surface area contributed by atoms with Crippen LogP contribution in [0.4, 0.5) is 5.82 Å². The van der Waals surface area contributed by atoms with Crippen LogP contribution in [0.25, 0.3) is 10.8 Å². The van der Waals surface area contributed by atoms with E-state index in [0.29, 0.717) is 12.0 Å². The lowest BCUT2D eigenvalue weighted by molar-refractivity contribution is 0.0900. The first-order valence-corrected chi connectivity index (χ1v) is 7.97. The lowest BCUT2D eigenvalue weighted by atomic mass is 9.99. The number of halogens is 1. The van der Waals surface area contributed by atoms with Gasteiger partial charge in [0.25, 0.3) is 0 Å². The molecule has 1 aliphatic heterocycles. The molecule has 0 saturated carbocycles. The second-order valence-corrected chi connectivity index (χ2v) is 6.10. The van der Waals surface area contributed by atoms with Gasteiger partial charge in [0, 0.05) is 40.5 Å². The molecule has 2 atom stereocenters. The first-order chi connectivity index (χ1) is 9.79. The summed E-state index contributed by atoms with van der Waals surface area (Å²) in [6, 6.07) is 8.26. The predicted molar refractivity (Wildman–Crippen MR) is 86.1 cm³/mol. The first kappa shape index (κ1) is 13.8. The van der Waals surface area contributed by atoms with E-state index >= 15 is 0 Å². The number of nitrogens with zero attached hydrogens (tertiary/aromatic N) is 1. The molecule has 2 aromatic rings. The van der Waals surface area contributed by atoms with Crippen molar-refractivity contribution in [3.05, 3.63) is 34.9 Å². The highest BCUT2D eigenvalue weighted by molar-refractivity contribution is 9.10. The van der Waals surface area contributed by atoms with Crippen LogP contribution in [-0.4, -0.2) is 24.2 Å². The summed E-state index contributed by atoms with van der Waals surface area (Å²) in [6.07, 6.45) is 4.47. The summed E-state index contributed by atoms with van der Waals surface area (Å²) in [4.78, 5) is 4.49. The number of hydrogen-bond donors (Lipinski definition) is 1. The standard InChI is InChI=1S/C16H19BrN2O/c1-2-15-11(7-9-20-15)10-19-16-13-4-3-5-14(17)12(13)6-8-18-16/h3-6,8,11,15H,2,7,9-10H2,1H3,(H,18,19). The van der Waals surface area contributed by atoms with Crippen molar-refractivity contribution in [3.63, 3.8) is 0 Å². The molecule has 3 nitrogen and oxygen atoms in total. The van der Waals surface area contributed by atoms with Gasteiger partial charge in [-0.15, -0.1) is 0 Å². The third kappa shape index (κ3) is 2.67. The van der Waals surface area contributed by atoms with Gasteiger partial charge < -0.3 is 10.1 Å². The van der Waals surface area contributed by atoms with E-state index in [4.69, 9.17) is 4.74 Å². The van der Waals surface area contributed by atoms with Crippen molar-refractivity contribution in [2.24, 2.45) is 5.92 Å². The van der Waals surface area contributed by atoms with E-state index in [0.717, 1.165) is 41.7 Å². The molecule has 1 aliphatic rings. The van der Waals surface area contributed by atoms with Gasteiger partial charge in [0.05, 0.1) is 6.10 Å². The predicted octanol–water partition coefficient (Wildman–Crippen LogP) is 4.22. The van der Waals surface area contributed by atoms with Gasteiger partial charge in [0.15, 0.2) is 0 Å². The lowest BCUT2D eigenvalue weighted by Gasteiger charge is -2.18. The van der Waals surface area contributed by atoms with Crippen LogP contribution in [0.3, 0.4) is 0 Å². The van der Waals surface area contributed by atoms with E-state index in [1.165, 1.54) is 5.39 Å². The van der Waals surface area contributed by atoms with Gasteiger partial charge in [-0.2, -0.15) is 0 Å². The second-order valence-electron chi connectivity index (χ2n) is 5.24. The molecular formula is C16H19BrN2O. The van der Waals surface area contributed by atoms with E-state index in [2.05, 4.69) is 45.3 Å². The number of fused-ring (bicyclic) bond motifs is 1. The van der Waals surface area contributed by atoms with Gasteiger partial charge in [-0.3, -0.25) is 0 Å². The minimum absolute atomic E-state index is 0.393. The van der Waals surface area contributed by atoms with Gasteiger partial charge in [0.1, 0.15) is 5.82 Å². The Labute approximate surface area is 127 Å². The highest BCUT2D eigenvalue weighted by atomic mass is 79.9. The molecule has 1 aromatic heterocycles. The number of ether oxygens (including phenoxy) is 1. The molecule has 2 unspecified atom stereocenters. The Morgan fingerprint density at radius 3 is 3.10 bits per heavy atom. The summed E-state index contributed by atoms with van der Waals surface area (Å²) in [6.45, 7) is 4.01. The SMILES string of the molecule is CCC1OCCC1CNc1nccc2c(Br)cccc12. The van der Waals surface area contributed by atoms with Crippen LogP contribution >= 0.6 is 15.9 Å². The van der Waals surface area contributed by atoms with Crippen LogP contribution in [0.2, 0.25) is 0 Å². The Morgan fingerprint density at radius 2 is 2.25 bits per heavy atom. The van der Waals surface area contributed by atoms with Crippen molar-refractivity contribution in [2.75, 3.05) is 18.5 Å². The van der Waals surface area contributed by atoms with Crippen molar-refractivity contribution in [1.82, 2.24) is 4.98 Å². The Kier molecular flexibility index (Phi) is 4.22. The van der Waals surface area contributed by atoms with Gasteiger partial charge in [-0.1, -0.05) is 35.0 Å². The zero-order chi connectivity index (χ0) is 13.9. The molecular weight excluding hydrogens is 316 g/mol. The Balaban J connectivity index is 1.79. The molecule has 4 heteroatoms. The molecule has 1 aromatic carbocycles. The molecule has 20 heavy (non-hydrogen) atoms. The average Bonchev–Trinajstić information content (AvgIpc) is 2.93. The van der Waals surface area contributed by atoms with Gasteiger partial charge in [-0.25, -0.2) is 4.98 Å². The molecule has 3 rings (SSSR count). The number of pyridine rings is 1. The smallest absolute Gasteiger partial charge is 0.133 e. The van der Waals surface area contributed by atoms with Crippen molar-refractivity contribution >= 4 is 32.5 Å². The quantitative estimate of drug-likeness (QED) is 0.908. The number of aromatic nitrogens is 1. The summed E-state index contributed by atoms with van der Waals surface area (Å²) in [5.41, 5.74) is 0. The molecule has 0 amide bonds. The van der Waals surface area contributed by atoms with Crippen LogP contribution in [0.1, 0.15) is 19.8 Å². The van der Waals surface area contributed by atoms with Gasteiger partial charge in [-0.05, 0) is 25.0 Å². The topological polar surface area (TPSA) is 34.1 Å². The first-order valence-electron chi connectivity index (χ1n) is 7.18. The minimum atomic E-state index is 0.393. The molecule has 1 N–H and O–H groups in total. The lowest BCUT2D eigenvalue weighted by Crippen LogP contribution is -2.23. The monoisotopic (exact) mass is 334 g/mol. The van der Waals surface area contributed by atoms with Crippen molar-refractivity contribution in [2.45, 2.75) is 25.9 Å². The van der Waals surface area contributed by atoms with Crippen molar-refractivity contribution in [1.29, 1.82) is 0 Å². The highest BCUT2D eigenvalue weighted by Gasteiger charge is 2.26. The molecule has 0 aliphatic carbocycles. The fraction of sp³-hybridized carbons (Fsp3) is 0.438. The normalized spacial score (nSPS) is 22.3. The maximum absolute atomic E-state index is 5.74. The number of anilines is 1. The van der Waals surface area contributed by atoms with Crippen molar-refractivity contribution < 1.29 is 4.74 Å². The highest BCUT2D eigenvalue weighted by Crippen LogP contribution is 2.29. The van der Waals surface area contributed by atoms with E-state index in [1.807, 2.05) is 18.3 Å². The molecule has 1 saturated heterocycles. The molecule has 106 valence electrons. The van der Waals surface area contributed by atoms with Gasteiger partial charge >= 0.3 is 0 Å². The maximum atomic E-state index is 5.74. The van der Waals surface area contributed by atoms with E-state index in [-0.39, 0.29) is 0 Å². The summed E-state index contributed by atoms with van der Waals surface area (Å²) >= 11 is 3.59. The van der Waals surface area contributed by atoms with Crippen LogP contribution in [0.15, 0.2) is 34.9 Å². The molecule has 2 heterocycles. The summed E-state index contributed by atoms with van der Waals surface area (Å²) in [5.74, 6) is 1.55. The zero-order valence-electron chi connectivity index (χ0n) is 11.6. The minimum Gasteiger partial charge on any atom is -0.378 e. The maximum Gasteiger partial charge on any atom is 0.133 e. The Morgan fingerprint density at radius 1 is 1.35 bits per heavy atom. The Hall–Kier alpha value is -1.13. The fourth-order valence-electron chi connectivity index (χ4n) is 2.91. The Bertz CT molecular complexity index is 602. The third-order valence-corrected chi connectivity index (χ3v) is 4.72. The number of rotatable bonds is 4. The van der Waals surface area contributed by atoms with Crippen molar-refractivity contribution in [3.8, 4) is 0 Å². The summed E-state index contributed by atoms with van der Waals surface area (Å²) < 4.78 is 6.85. The van der Waals surface area contributed by atoms with Crippen LogP contribution in [-0.2, 0) is 4.74 Å². The van der Waals surface area contributed by atoms with E-state index < -0.39 is 0 Å². The molecule has 0 bridgehead atoms. The van der Waals surface area contributed by atoms with Crippen LogP contribution < -0.4 is 5.32 Å². The number of hydrogen-bond acceptors (Lipinski definition) is 3. The van der Waals surface area contributed by atoms with E-state index in [9.17, 15) is 0 Å². The van der Waals surface area contributed by atoms with E-state index in [1.54, 1.807) is 0 Å². The van der Waals surface area contributed by atoms with Crippen LogP contribution in [0.5, 0.6) is 0 Å². The van der Waals surface area contributed by atoms with Crippen LogP contribution in [0, 0.1) is 5.92 Å². The average molecular weight is 335 g/mol. The fourth-order valence-corrected chi connectivity index (χ4v) is 3.41. The number of nitrogens with one attached hydrogen (secondary N) is 1. The zero-order valence-corrected chi connectivity index (χ0v) is 13.2. The summed E-state index contributed by atoms with van der Waals surface area (Å²) in [7, 11) is 0. The number of benzene rings is 1. The summed E-state index contributed by atoms with van der Waals surface area (Å²) in [5, 5.41) is 5.86. The largest absolute Gasteiger partial charge is 0.378 e. The molecule has 1 fully saturated rings. The molecule has 0 spiro atoms. The van der Waals surface area contributed by atoms with Gasteiger partial charge in [0.2, 0.25) is 0 Å².